The second kappa shape index (κ2) is 12.4. The van der Waals surface area contributed by atoms with Crippen molar-refractivity contribution in [1.82, 2.24) is 16.0 Å². The lowest BCUT2D eigenvalue weighted by Crippen LogP contribution is -2.59. The third kappa shape index (κ3) is 9.86. The van der Waals surface area contributed by atoms with Gasteiger partial charge in [-0.1, -0.05) is 13.8 Å². The average molecular weight is 447 g/mol. The number of hydrogen-bond donors (Lipinski definition) is 8. The number of amides is 4. The molecule has 176 valence electrons. The minimum absolute atomic E-state index is 0.309. The van der Waals surface area contributed by atoms with Gasteiger partial charge in [-0.25, -0.2) is 4.79 Å². The summed E-state index contributed by atoms with van der Waals surface area (Å²) in [5.74, 6) is -7.50. The number of carboxylic acids is 2. The van der Waals surface area contributed by atoms with Crippen molar-refractivity contribution in [2.75, 3.05) is 0 Å². The predicted octanol–water partition coefficient (Wildman–Crippen LogP) is -3.76. The molecule has 0 aliphatic carbocycles. The Morgan fingerprint density at radius 2 is 1.26 bits per heavy atom. The highest BCUT2D eigenvalue weighted by Gasteiger charge is 2.33. The molecule has 0 bridgehead atoms. The van der Waals surface area contributed by atoms with Crippen LogP contribution in [0.2, 0.25) is 0 Å². The van der Waals surface area contributed by atoms with Gasteiger partial charge in [-0.3, -0.25) is 24.0 Å². The second-order valence-corrected chi connectivity index (χ2v) is 7.23. The number of aliphatic hydroxyl groups is 1. The van der Waals surface area contributed by atoms with Gasteiger partial charge in [-0.15, -0.1) is 0 Å². The van der Waals surface area contributed by atoms with Crippen LogP contribution < -0.4 is 27.4 Å². The smallest absolute Gasteiger partial charge is 0.328 e. The molecular weight excluding hydrogens is 418 g/mol. The summed E-state index contributed by atoms with van der Waals surface area (Å²) in [6.07, 6.45) is -3.15. The normalized spacial score (nSPS) is 15.7. The van der Waals surface area contributed by atoms with Crippen molar-refractivity contribution in [3.63, 3.8) is 0 Å². The zero-order chi connectivity index (χ0) is 24.5. The van der Waals surface area contributed by atoms with Gasteiger partial charge < -0.3 is 42.7 Å². The van der Waals surface area contributed by atoms with Gasteiger partial charge >= 0.3 is 11.9 Å². The maximum absolute atomic E-state index is 12.5. The van der Waals surface area contributed by atoms with Crippen LogP contribution in [0.4, 0.5) is 0 Å². The molecule has 0 aliphatic heterocycles. The van der Waals surface area contributed by atoms with E-state index in [-0.39, 0.29) is 5.92 Å². The van der Waals surface area contributed by atoms with Crippen molar-refractivity contribution >= 4 is 35.6 Å². The van der Waals surface area contributed by atoms with Crippen LogP contribution >= 0.6 is 0 Å². The van der Waals surface area contributed by atoms with Gasteiger partial charge in [-0.2, -0.15) is 0 Å². The average Bonchev–Trinajstić information content (AvgIpc) is 2.62. The van der Waals surface area contributed by atoms with Crippen molar-refractivity contribution in [2.45, 2.75) is 63.9 Å². The Morgan fingerprint density at radius 3 is 1.65 bits per heavy atom. The summed E-state index contributed by atoms with van der Waals surface area (Å²) in [4.78, 5) is 70.5. The molecule has 0 spiro atoms. The van der Waals surface area contributed by atoms with E-state index in [0.29, 0.717) is 0 Å². The largest absolute Gasteiger partial charge is 0.481 e. The highest BCUT2D eigenvalue weighted by Crippen LogP contribution is 2.03. The number of carbonyl (C=O) groups is 6. The molecule has 0 saturated heterocycles. The Labute approximate surface area is 177 Å². The summed E-state index contributed by atoms with van der Waals surface area (Å²) in [5, 5.41) is 33.7. The molecule has 0 rings (SSSR count). The molecule has 14 heteroatoms. The molecule has 0 aliphatic rings. The first-order valence-corrected chi connectivity index (χ1v) is 9.25. The summed E-state index contributed by atoms with van der Waals surface area (Å²) in [6.45, 7) is 4.36. The molecule has 5 unspecified atom stereocenters. The number of aliphatic carboxylic acids is 2. The predicted molar refractivity (Wildman–Crippen MR) is 104 cm³/mol. The van der Waals surface area contributed by atoms with E-state index in [1.165, 1.54) is 0 Å². The molecule has 0 aromatic heterocycles. The SMILES string of the molecule is CC(C)C(N)C(=O)NC(CC(N)=O)C(=O)NC(CC(=O)O)C(=O)NC(C(=O)O)C(C)O. The number of aliphatic hydroxyl groups excluding tert-OH is 1. The van der Waals surface area contributed by atoms with Gasteiger partial charge in [-0.05, 0) is 12.8 Å². The molecule has 0 heterocycles. The number of nitrogens with one attached hydrogen (secondary N) is 3. The highest BCUT2D eigenvalue weighted by molar-refractivity contribution is 5.97. The van der Waals surface area contributed by atoms with Crippen LogP contribution in [0.1, 0.15) is 33.6 Å². The van der Waals surface area contributed by atoms with Crippen molar-refractivity contribution in [2.24, 2.45) is 17.4 Å². The Hall–Kier alpha value is -3.26. The van der Waals surface area contributed by atoms with Gasteiger partial charge in [0.2, 0.25) is 23.6 Å². The molecule has 14 nitrogen and oxygen atoms in total. The lowest BCUT2D eigenvalue weighted by atomic mass is 10.0. The Balaban J connectivity index is 5.56. The Kier molecular flexibility index (Phi) is 11.1. The van der Waals surface area contributed by atoms with Gasteiger partial charge in [0.15, 0.2) is 6.04 Å². The fourth-order valence-electron chi connectivity index (χ4n) is 2.28. The van der Waals surface area contributed by atoms with E-state index in [4.69, 9.17) is 21.7 Å². The molecule has 0 radical (unpaired) electrons. The monoisotopic (exact) mass is 447 g/mol. The Morgan fingerprint density at radius 1 is 0.806 bits per heavy atom. The highest BCUT2D eigenvalue weighted by atomic mass is 16.4. The van der Waals surface area contributed by atoms with Gasteiger partial charge in [0.1, 0.15) is 12.1 Å². The molecular formula is C17H29N5O9. The molecule has 5 atom stereocenters. The van der Waals surface area contributed by atoms with E-state index in [0.717, 1.165) is 6.92 Å². The van der Waals surface area contributed by atoms with E-state index < -0.39 is 78.7 Å². The zero-order valence-corrected chi connectivity index (χ0v) is 17.3. The van der Waals surface area contributed by atoms with Crippen LogP contribution in [0.5, 0.6) is 0 Å². The standard InChI is InChI=1S/C17H29N5O9/c1-6(2)12(19)16(29)21-8(4-10(18)24)14(27)20-9(5-11(25)26)15(28)22-13(7(3)23)17(30)31/h6-9,12-13,23H,4-5,19H2,1-3H3,(H2,18,24)(H,20,27)(H,21,29)(H,22,28)(H,25,26)(H,30,31). The van der Waals surface area contributed by atoms with Crippen LogP contribution in [-0.2, 0) is 28.8 Å². The van der Waals surface area contributed by atoms with Crippen LogP contribution in [0.15, 0.2) is 0 Å². The Bertz CT molecular complexity index is 710. The lowest BCUT2D eigenvalue weighted by molar-refractivity contribution is -0.146. The first-order valence-electron chi connectivity index (χ1n) is 9.25. The lowest BCUT2D eigenvalue weighted by Gasteiger charge is -2.25. The summed E-state index contributed by atoms with van der Waals surface area (Å²) < 4.78 is 0. The first kappa shape index (κ1) is 27.7. The molecule has 0 aromatic rings. The summed E-state index contributed by atoms with van der Waals surface area (Å²) in [6, 6.07) is -6.14. The van der Waals surface area contributed by atoms with Crippen LogP contribution in [0, 0.1) is 5.92 Å². The van der Waals surface area contributed by atoms with E-state index in [1.54, 1.807) is 13.8 Å². The number of rotatable bonds is 13. The molecule has 4 amide bonds. The molecule has 31 heavy (non-hydrogen) atoms. The first-order chi connectivity index (χ1) is 14.2. The van der Waals surface area contributed by atoms with Crippen LogP contribution in [-0.4, -0.2) is 81.2 Å². The number of hydrogen-bond acceptors (Lipinski definition) is 8. The number of carboxylic acid groups (broad SMARTS) is 2. The van der Waals surface area contributed by atoms with Gasteiger partial charge in [0, 0.05) is 0 Å². The third-order valence-corrected chi connectivity index (χ3v) is 4.12. The summed E-state index contributed by atoms with van der Waals surface area (Å²) >= 11 is 0. The topological polar surface area (TPSA) is 251 Å². The molecule has 0 saturated carbocycles. The molecule has 0 fully saturated rings. The van der Waals surface area contributed by atoms with Crippen molar-refractivity contribution in [1.29, 1.82) is 0 Å². The van der Waals surface area contributed by atoms with Crippen molar-refractivity contribution in [3.8, 4) is 0 Å². The van der Waals surface area contributed by atoms with Crippen molar-refractivity contribution < 1.29 is 44.1 Å². The number of nitrogens with two attached hydrogens (primary N) is 2. The molecule has 0 aromatic carbocycles. The van der Waals surface area contributed by atoms with E-state index in [9.17, 15) is 33.9 Å². The second-order valence-electron chi connectivity index (χ2n) is 7.23. The minimum atomic E-state index is -1.78. The maximum atomic E-state index is 12.5. The fourth-order valence-corrected chi connectivity index (χ4v) is 2.28. The fraction of sp³-hybridized carbons (Fsp3) is 0.647. The maximum Gasteiger partial charge on any atom is 0.328 e. The zero-order valence-electron chi connectivity index (χ0n) is 17.3. The molecule has 10 N–H and O–H groups in total. The van der Waals surface area contributed by atoms with Crippen LogP contribution in [0.25, 0.3) is 0 Å². The summed E-state index contributed by atoms with van der Waals surface area (Å²) in [7, 11) is 0. The quantitative estimate of drug-likeness (QED) is 0.137. The van der Waals surface area contributed by atoms with E-state index in [1.807, 2.05) is 10.6 Å². The van der Waals surface area contributed by atoms with E-state index >= 15 is 0 Å². The van der Waals surface area contributed by atoms with Crippen LogP contribution in [0.3, 0.4) is 0 Å². The number of primary amides is 1. The third-order valence-electron chi connectivity index (χ3n) is 4.12. The van der Waals surface area contributed by atoms with Gasteiger partial charge in [0.25, 0.3) is 0 Å². The van der Waals surface area contributed by atoms with Gasteiger partial charge in [0.05, 0.1) is 25.0 Å². The van der Waals surface area contributed by atoms with E-state index in [2.05, 4.69) is 5.32 Å². The number of carbonyl (C=O) groups excluding carboxylic acids is 4. The van der Waals surface area contributed by atoms with Crippen molar-refractivity contribution in [3.05, 3.63) is 0 Å². The minimum Gasteiger partial charge on any atom is -0.481 e. The summed E-state index contributed by atoms with van der Waals surface area (Å²) in [5.41, 5.74) is 10.8.